The number of aryl methyl sites for hydroxylation is 2. The van der Waals surface area contributed by atoms with Gasteiger partial charge < -0.3 is 15.4 Å². The summed E-state index contributed by atoms with van der Waals surface area (Å²) in [7, 11) is 0. The molecule has 178 valence electrons. The highest BCUT2D eigenvalue weighted by Gasteiger charge is 2.31. The first-order valence-electron chi connectivity index (χ1n) is 10.1. The molecule has 0 amide bonds. The second kappa shape index (κ2) is 11.9. The number of aliphatic imine (C=N–C) groups is 1. The summed E-state index contributed by atoms with van der Waals surface area (Å²) in [5.41, 5.74) is 3.16. The van der Waals surface area contributed by atoms with Gasteiger partial charge in [0.05, 0.1) is 12.2 Å². The normalized spacial score (nSPS) is 11.6. The van der Waals surface area contributed by atoms with Gasteiger partial charge in [-0.3, -0.25) is 0 Å². The Labute approximate surface area is 207 Å². The minimum absolute atomic E-state index is 0. The molecule has 3 rings (SSSR count). The van der Waals surface area contributed by atoms with Crippen molar-refractivity contribution in [1.82, 2.24) is 25.4 Å². The minimum Gasteiger partial charge on any atom is -0.405 e. The molecule has 0 spiro atoms. The third-order valence-electron chi connectivity index (χ3n) is 4.44. The van der Waals surface area contributed by atoms with E-state index in [1.54, 1.807) is 23.0 Å². The summed E-state index contributed by atoms with van der Waals surface area (Å²) in [4.78, 5) is 8.95. The number of nitrogens with zero attached hydrogens (tertiary/aromatic N) is 4. The molecule has 0 aliphatic heterocycles. The molecule has 2 heterocycles. The van der Waals surface area contributed by atoms with Gasteiger partial charge in [0, 0.05) is 30.5 Å². The molecular weight excluding hydrogens is 548 g/mol. The van der Waals surface area contributed by atoms with E-state index in [1.807, 2.05) is 39.0 Å². The predicted molar refractivity (Wildman–Crippen MR) is 131 cm³/mol. The SMILES string of the molecule is CCNC(=NCc1ccc(-n2nc(C)cc2C)nc1)NCc1ccccc1OC(F)(F)F.I. The monoisotopic (exact) mass is 574 g/mol. The number of pyridine rings is 1. The molecule has 0 saturated heterocycles. The summed E-state index contributed by atoms with van der Waals surface area (Å²) in [5, 5.41) is 10.5. The maximum absolute atomic E-state index is 12.6. The van der Waals surface area contributed by atoms with Crippen LogP contribution in [-0.2, 0) is 13.1 Å². The smallest absolute Gasteiger partial charge is 0.405 e. The van der Waals surface area contributed by atoms with Gasteiger partial charge in [0.25, 0.3) is 0 Å². The Balaban J connectivity index is 0.00000385. The van der Waals surface area contributed by atoms with Crippen molar-refractivity contribution in [3.8, 4) is 11.6 Å². The number of rotatable bonds is 7. The van der Waals surface area contributed by atoms with Crippen LogP contribution in [0.3, 0.4) is 0 Å². The van der Waals surface area contributed by atoms with Crippen molar-refractivity contribution in [2.75, 3.05) is 6.54 Å². The number of nitrogens with one attached hydrogen (secondary N) is 2. The van der Waals surface area contributed by atoms with E-state index < -0.39 is 6.36 Å². The maximum atomic E-state index is 12.6. The summed E-state index contributed by atoms with van der Waals surface area (Å²) >= 11 is 0. The molecule has 1 aromatic carbocycles. The maximum Gasteiger partial charge on any atom is 0.573 e. The molecule has 11 heteroatoms. The fraction of sp³-hybridized carbons (Fsp3) is 0.318. The van der Waals surface area contributed by atoms with Crippen LogP contribution in [-0.4, -0.2) is 33.6 Å². The highest BCUT2D eigenvalue weighted by Crippen LogP contribution is 2.26. The molecule has 0 atom stereocenters. The zero-order valence-corrected chi connectivity index (χ0v) is 20.8. The Hall–Kier alpha value is -2.83. The Morgan fingerprint density at radius 3 is 2.48 bits per heavy atom. The lowest BCUT2D eigenvalue weighted by molar-refractivity contribution is -0.274. The molecule has 0 bridgehead atoms. The van der Waals surface area contributed by atoms with Crippen LogP contribution in [0.4, 0.5) is 13.2 Å². The third-order valence-corrected chi connectivity index (χ3v) is 4.44. The molecule has 7 nitrogen and oxygen atoms in total. The number of ether oxygens (including phenoxy) is 1. The van der Waals surface area contributed by atoms with Crippen LogP contribution in [0.25, 0.3) is 5.82 Å². The van der Waals surface area contributed by atoms with Crippen molar-refractivity contribution in [2.45, 2.75) is 40.2 Å². The first-order chi connectivity index (χ1) is 15.2. The van der Waals surface area contributed by atoms with Crippen molar-refractivity contribution >= 4 is 29.9 Å². The molecule has 0 aliphatic rings. The van der Waals surface area contributed by atoms with Gasteiger partial charge in [0.2, 0.25) is 0 Å². The summed E-state index contributed by atoms with van der Waals surface area (Å²) in [6.45, 7) is 6.86. The minimum atomic E-state index is -4.75. The number of benzene rings is 1. The van der Waals surface area contributed by atoms with Crippen LogP contribution in [0.2, 0.25) is 0 Å². The van der Waals surface area contributed by atoms with Gasteiger partial charge in [-0.15, -0.1) is 37.1 Å². The van der Waals surface area contributed by atoms with Gasteiger partial charge in [-0.2, -0.15) is 5.10 Å². The van der Waals surface area contributed by atoms with E-state index in [4.69, 9.17) is 0 Å². The highest BCUT2D eigenvalue weighted by molar-refractivity contribution is 14.0. The van der Waals surface area contributed by atoms with Crippen LogP contribution in [0.1, 0.15) is 29.4 Å². The Morgan fingerprint density at radius 1 is 1.12 bits per heavy atom. The highest BCUT2D eigenvalue weighted by atomic mass is 127. The van der Waals surface area contributed by atoms with Crippen LogP contribution >= 0.6 is 24.0 Å². The number of hydrogen-bond acceptors (Lipinski definition) is 4. The number of hydrogen-bond donors (Lipinski definition) is 2. The van der Waals surface area contributed by atoms with Crippen molar-refractivity contribution in [2.24, 2.45) is 4.99 Å². The summed E-state index contributed by atoms with van der Waals surface area (Å²) in [6, 6.07) is 11.8. The largest absolute Gasteiger partial charge is 0.573 e. The molecule has 0 aliphatic carbocycles. The van der Waals surface area contributed by atoms with Crippen LogP contribution in [0.15, 0.2) is 53.7 Å². The Kier molecular flexibility index (Phi) is 9.50. The van der Waals surface area contributed by atoms with Gasteiger partial charge in [0.1, 0.15) is 5.75 Å². The van der Waals surface area contributed by atoms with Crippen molar-refractivity contribution in [1.29, 1.82) is 0 Å². The Bertz CT molecular complexity index is 1070. The van der Waals surface area contributed by atoms with E-state index >= 15 is 0 Å². The predicted octanol–water partition coefficient (Wildman–Crippen LogP) is 4.66. The van der Waals surface area contributed by atoms with Gasteiger partial charge in [0.15, 0.2) is 11.8 Å². The fourth-order valence-corrected chi connectivity index (χ4v) is 3.06. The molecule has 33 heavy (non-hydrogen) atoms. The molecule has 3 aromatic rings. The summed E-state index contributed by atoms with van der Waals surface area (Å²) in [5.74, 6) is 0.943. The molecule has 2 N–H and O–H groups in total. The van der Waals surface area contributed by atoms with Crippen molar-refractivity contribution in [3.63, 3.8) is 0 Å². The average molecular weight is 574 g/mol. The summed E-state index contributed by atoms with van der Waals surface area (Å²) in [6.07, 6.45) is -3.02. The molecule has 0 radical (unpaired) electrons. The van der Waals surface area contributed by atoms with E-state index in [9.17, 15) is 13.2 Å². The summed E-state index contributed by atoms with van der Waals surface area (Å²) < 4.78 is 43.7. The van der Waals surface area contributed by atoms with E-state index in [-0.39, 0.29) is 36.3 Å². The lowest BCUT2D eigenvalue weighted by atomic mass is 10.2. The zero-order chi connectivity index (χ0) is 23.1. The van der Waals surface area contributed by atoms with E-state index in [2.05, 4.69) is 30.4 Å². The first-order valence-corrected chi connectivity index (χ1v) is 10.1. The molecule has 2 aromatic heterocycles. The van der Waals surface area contributed by atoms with Gasteiger partial charge in [-0.25, -0.2) is 14.7 Å². The van der Waals surface area contributed by atoms with Crippen LogP contribution in [0.5, 0.6) is 5.75 Å². The van der Waals surface area contributed by atoms with Gasteiger partial charge >= 0.3 is 6.36 Å². The topological polar surface area (TPSA) is 76.4 Å². The molecule has 0 unspecified atom stereocenters. The Morgan fingerprint density at radius 2 is 1.88 bits per heavy atom. The molecule has 0 fully saturated rings. The van der Waals surface area contributed by atoms with Crippen molar-refractivity contribution < 1.29 is 17.9 Å². The number of aromatic nitrogens is 3. The average Bonchev–Trinajstić information content (AvgIpc) is 3.08. The lowest BCUT2D eigenvalue weighted by Crippen LogP contribution is -2.37. The van der Waals surface area contributed by atoms with Gasteiger partial charge in [-0.1, -0.05) is 24.3 Å². The zero-order valence-electron chi connectivity index (χ0n) is 18.5. The van der Waals surface area contributed by atoms with Gasteiger partial charge in [-0.05, 0) is 44.5 Å². The second-order valence-corrected chi connectivity index (χ2v) is 7.07. The van der Waals surface area contributed by atoms with Crippen molar-refractivity contribution in [3.05, 3.63) is 71.2 Å². The quantitative estimate of drug-likeness (QED) is 0.244. The lowest BCUT2D eigenvalue weighted by Gasteiger charge is -2.15. The molecular formula is C22H26F3IN6O. The van der Waals surface area contributed by atoms with E-state index in [0.29, 0.717) is 24.6 Å². The fourth-order valence-electron chi connectivity index (χ4n) is 3.06. The van der Waals surface area contributed by atoms with E-state index in [1.165, 1.54) is 12.1 Å². The standard InChI is InChI=1S/C22H25F3N6O.HI/c1-4-26-21(29-14-18-7-5-6-8-19(18)32-22(23,24)25)28-13-17-9-10-20(27-12-17)31-16(3)11-15(2)30-31;/h5-12H,4,13-14H2,1-3H3,(H2,26,28,29);1H. The number of para-hydroxylation sites is 1. The third kappa shape index (κ3) is 7.91. The van der Waals surface area contributed by atoms with Crippen LogP contribution in [0, 0.1) is 13.8 Å². The number of halogens is 4. The van der Waals surface area contributed by atoms with E-state index in [0.717, 1.165) is 22.8 Å². The second-order valence-electron chi connectivity index (χ2n) is 7.07. The van der Waals surface area contributed by atoms with Crippen LogP contribution < -0.4 is 15.4 Å². The molecule has 0 saturated carbocycles. The first kappa shape index (κ1) is 26.4. The number of alkyl halides is 3. The number of guanidine groups is 1.